The van der Waals surface area contributed by atoms with Crippen LogP contribution in [0.1, 0.15) is 41.6 Å². The molecule has 2 rings (SSSR count). The van der Waals surface area contributed by atoms with Gasteiger partial charge < -0.3 is 5.32 Å². The first kappa shape index (κ1) is 14.1. The second-order valence-corrected chi connectivity index (χ2v) is 6.93. The number of halogens is 2. The van der Waals surface area contributed by atoms with E-state index in [4.69, 9.17) is 0 Å². The van der Waals surface area contributed by atoms with Crippen molar-refractivity contribution < 1.29 is 4.79 Å². The van der Waals surface area contributed by atoms with Gasteiger partial charge in [0.15, 0.2) is 0 Å². The first-order valence-corrected chi connectivity index (χ1v) is 8.00. The van der Waals surface area contributed by atoms with Gasteiger partial charge in [-0.25, -0.2) is 0 Å². The van der Waals surface area contributed by atoms with Crippen molar-refractivity contribution >= 4 is 37.8 Å². The Hall–Kier alpha value is -0.350. The Kier molecular flexibility index (Phi) is 4.84. The Bertz CT molecular complexity index is 447. The molecule has 0 spiro atoms. The Balaban J connectivity index is 2.09. The number of hydrogen-bond donors (Lipinski definition) is 1. The van der Waals surface area contributed by atoms with E-state index in [1.807, 2.05) is 25.1 Å². The molecular formula is C14H17Br2NO. The van der Waals surface area contributed by atoms with Gasteiger partial charge in [0, 0.05) is 20.9 Å². The Morgan fingerprint density at radius 2 is 2.06 bits per heavy atom. The lowest BCUT2D eigenvalue weighted by Crippen LogP contribution is -2.42. The number of amides is 1. The summed E-state index contributed by atoms with van der Waals surface area (Å²) in [6, 6.07) is 6.06. The molecule has 2 nitrogen and oxygen atoms in total. The summed E-state index contributed by atoms with van der Waals surface area (Å²) in [7, 11) is 0. The van der Waals surface area contributed by atoms with E-state index in [2.05, 4.69) is 37.2 Å². The summed E-state index contributed by atoms with van der Waals surface area (Å²) in [5.41, 5.74) is 1.77. The number of hydrogen-bond acceptors (Lipinski definition) is 1. The summed E-state index contributed by atoms with van der Waals surface area (Å²) in [5, 5.41) is 3.15. The van der Waals surface area contributed by atoms with E-state index in [1.165, 1.54) is 12.8 Å². The van der Waals surface area contributed by atoms with E-state index in [1.54, 1.807) is 0 Å². The highest BCUT2D eigenvalue weighted by molar-refractivity contribution is 9.10. The van der Waals surface area contributed by atoms with Crippen molar-refractivity contribution in [2.24, 2.45) is 0 Å². The lowest BCUT2D eigenvalue weighted by molar-refractivity contribution is 0.0929. The molecule has 1 fully saturated rings. The van der Waals surface area contributed by atoms with Crippen LogP contribution in [0.4, 0.5) is 0 Å². The second kappa shape index (κ2) is 6.20. The SMILES string of the molecule is Cc1ccc(Br)cc1C(=O)NC1CCCCC1Br. The fraction of sp³-hybridized carbons (Fsp3) is 0.500. The van der Waals surface area contributed by atoms with Gasteiger partial charge in [0.1, 0.15) is 0 Å². The van der Waals surface area contributed by atoms with Crippen LogP contribution in [0.3, 0.4) is 0 Å². The molecule has 0 aromatic heterocycles. The van der Waals surface area contributed by atoms with Gasteiger partial charge in [0.25, 0.3) is 5.91 Å². The summed E-state index contributed by atoms with van der Waals surface area (Å²) in [5.74, 6) is 0.0325. The molecule has 1 aliphatic rings. The van der Waals surface area contributed by atoms with Gasteiger partial charge in [-0.2, -0.15) is 0 Å². The average molecular weight is 375 g/mol. The van der Waals surface area contributed by atoms with Crippen LogP contribution in [0.15, 0.2) is 22.7 Å². The first-order chi connectivity index (χ1) is 8.58. The topological polar surface area (TPSA) is 29.1 Å². The maximum Gasteiger partial charge on any atom is 0.251 e. The van der Waals surface area contributed by atoms with E-state index >= 15 is 0 Å². The van der Waals surface area contributed by atoms with Gasteiger partial charge in [-0.15, -0.1) is 0 Å². The third-order valence-corrected chi connectivity index (χ3v) is 5.03. The molecule has 0 saturated heterocycles. The van der Waals surface area contributed by atoms with Crippen LogP contribution in [0.5, 0.6) is 0 Å². The standard InChI is InChI=1S/C14H17Br2NO/c1-9-6-7-10(15)8-11(9)14(18)17-13-5-3-2-4-12(13)16/h6-8,12-13H,2-5H2,1H3,(H,17,18). The molecule has 1 aromatic carbocycles. The normalized spacial score (nSPS) is 23.7. The van der Waals surface area contributed by atoms with Crippen molar-refractivity contribution in [3.8, 4) is 0 Å². The molecule has 0 aliphatic heterocycles. The Labute approximate surface area is 125 Å². The molecule has 98 valence electrons. The number of benzene rings is 1. The minimum Gasteiger partial charge on any atom is -0.348 e. The van der Waals surface area contributed by atoms with E-state index in [0.29, 0.717) is 4.83 Å². The lowest BCUT2D eigenvalue weighted by atomic mass is 9.95. The largest absolute Gasteiger partial charge is 0.348 e. The Morgan fingerprint density at radius 3 is 2.78 bits per heavy atom. The van der Waals surface area contributed by atoms with Crippen LogP contribution in [0, 0.1) is 6.92 Å². The molecule has 2 unspecified atom stereocenters. The molecular weight excluding hydrogens is 358 g/mol. The molecule has 0 bridgehead atoms. The van der Waals surface area contributed by atoms with Gasteiger partial charge in [-0.3, -0.25) is 4.79 Å². The monoisotopic (exact) mass is 373 g/mol. The van der Waals surface area contributed by atoms with Crippen LogP contribution in [0.25, 0.3) is 0 Å². The zero-order valence-electron chi connectivity index (χ0n) is 10.4. The molecule has 1 aromatic rings. The molecule has 0 radical (unpaired) electrons. The zero-order chi connectivity index (χ0) is 13.1. The van der Waals surface area contributed by atoms with Crippen molar-refractivity contribution in [1.82, 2.24) is 5.32 Å². The van der Waals surface area contributed by atoms with Crippen LogP contribution < -0.4 is 5.32 Å². The molecule has 1 N–H and O–H groups in total. The quantitative estimate of drug-likeness (QED) is 0.772. The number of aryl methyl sites for hydroxylation is 1. The third-order valence-electron chi connectivity index (χ3n) is 3.44. The molecule has 18 heavy (non-hydrogen) atoms. The van der Waals surface area contributed by atoms with Gasteiger partial charge >= 0.3 is 0 Å². The summed E-state index contributed by atoms with van der Waals surface area (Å²) in [6.45, 7) is 1.97. The van der Waals surface area contributed by atoms with Crippen LogP contribution >= 0.6 is 31.9 Å². The van der Waals surface area contributed by atoms with Crippen molar-refractivity contribution in [1.29, 1.82) is 0 Å². The molecule has 4 heteroatoms. The number of rotatable bonds is 2. The minimum absolute atomic E-state index is 0.0325. The summed E-state index contributed by atoms with van der Waals surface area (Å²) >= 11 is 7.08. The number of carbonyl (C=O) groups is 1. The summed E-state index contributed by atoms with van der Waals surface area (Å²) in [6.07, 6.45) is 4.65. The maximum absolute atomic E-state index is 12.3. The van der Waals surface area contributed by atoms with Crippen molar-refractivity contribution in [3.63, 3.8) is 0 Å². The smallest absolute Gasteiger partial charge is 0.251 e. The highest BCUT2D eigenvalue weighted by atomic mass is 79.9. The second-order valence-electron chi connectivity index (χ2n) is 4.84. The van der Waals surface area contributed by atoms with Crippen LogP contribution in [0.2, 0.25) is 0 Å². The third kappa shape index (κ3) is 3.35. The maximum atomic E-state index is 12.3. The van der Waals surface area contributed by atoms with E-state index in [0.717, 1.165) is 28.4 Å². The predicted octanol–water partition coefficient (Wildman–Crippen LogP) is 4.19. The number of alkyl halides is 1. The predicted molar refractivity (Wildman–Crippen MR) is 81.3 cm³/mol. The molecule has 2 atom stereocenters. The van der Waals surface area contributed by atoms with Crippen molar-refractivity contribution in [2.45, 2.75) is 43.5 Å². The average Bonchev–Trinajstić information content (AvgIpc) is 2.35. The van der Waals surface area contributed by atoms with E-state index < -0.39 is 0 Å². The highest BCUT2D eigenvalue weighted by Gasteiger charge is 2.24. The number of nitrogens with one attached hydrogen (secondary N) is 1. The molecule has 1 saturated carbocycles. The van der Waals surface area contributed by atoms with Crippen LogP contribution in [-0.2, 0) is 0 Å². The summed E-state index contributed by atoms with van der Waals surface area (Å²) < 4.78 is 0.942. The van der Waals surface area contributed by atoms with Gasteiger partial charge in [0.2, 0.25) is 0 Å². The number of carbonyl (C=O) groups excluding carboxylic acids is 1. The minimum atomic E-state index is 0.0325. The van der Waals surface area contributed by atoms with Crippen molar-refractivity contribution in [2.75, 3.05) is 0 Å². The van der Waals surface area contributed by atoms with Gasteiger partial charge in [-0.1, -0.05) is 50.8 Å². The lowest BCUT2D eigenvalue weighted by Gasteiger charge is -2.28. The molecule has 1 aliphatic carbocycles. The van der Waals surface area contributed by atoms with E-state index in [9.17, 15) is 4.79 Å². The van der Waals surface area contributed by atoms with E-state index in [-0.39, 0.29) is 11.9 Å². The van der Waals surface area contributed by atoms with Crippen molar-refractivity contribution in [3.05, 3.63) is 33.8 Å². The van der Waals surface area contributed by atoms with Gasteiger partial charge in [0.05, 0.1) is 0 Å². The zero-order valence-corrected chi connectivity index (χ0v) is 13.6. The Morgan fingerprint density at radius 1 is 1.33 bits per heavy atom. The summed E-state index contributed by atoms with van der Waals surface area (Å²) in [4.78, 5) is 12.7. The van der Waals surface area contributed by atoms with Crippen LogP contribution in [-0.4, -0.2) is 16.8 Å². The fourth-order valence-corrected chi connectivity index (χ4v) is 3.41. The highest BCUT2D eigenvalue weighted by Crippen LogP contribution is 2.25. The molecule has 0 heterocycles. The fourth-order valence-electron chi connectivity index (χ4n) is 2.33. The molecule has 1 amide bonds. The first-order valence-electron chi connectivity index (χ1n) is 6.29. The van der Waals surface area contributed by atoms with Gasteiger partial charge in [-0.05, 0) is 37.5 Å².